The minimum absolute atomic E-state index is 0.00906. The second-order valence-corrected chi connectivity index (χ2v) is 7.18. The predicted molar refractivity (Wildman–Crippen MR) is 90.1 cm³/mol. The summed E-state index contributed by atoms with van der Waals surface area (Å²) >= 11 is 0. The van der Waals surface area contributed by atoms with Crippen molar-refractivity contribution in [2.45, 2.75) is 4.90 Å². The van der Waals surface area contributed by atoms with Gasteiger partial charge in [-0.3, -0.25) is 9.71 Å². The van der Waals surface area contributed by atoms with Gasteiger partial charge < -0.3 is 4.74 Å². The molecule has 1 N–H and O–H groups in total. The Labute approximate surface area is 160 Å². The number of methoxy groups -OCH3 is 1. The van der Waals surface area contributed by atoms with Crippen molar-refractivity contribution in [3.8, 4) is 0 Å². The van der Waals surface area contributed by atoms with Crippen molar-refractivity contribution >= 4 is 32.6 Å². The highest BCUT2D eigenvalue weighted by Crippen LogP contribution is 2.31. The lowest BCUT2D eigenvalue weighted by Gasteiger charge is -2.13. The van der Waals surface area contributed by atoms with Gasteiger partial charge in [0, 0.05) is 11.6 Å². The summed E-state index contributed by atoms with van der Waals surface area (Å²) in [5.41, 5.74) is -0.477. The first-order chi connectivity index (χ1) is 13.6. The third-order valence-corrected chi connectivity index (χ3v) is 5.24. The lowest BCUT2D eigenvalue weighted by molar-refractivity contribution is 0.0603. The average molecular weight is 432 g/mol. The summed E-state index contributed by atoms with van der Waals surface area (Å²) in [6.45, 7) is 0. The molecular formula is C17H9F5N2O4S. The fourth-order valence-corrected chi connectivity index (χ4v) is 3.77. The number of halogens is 5. The number of pyridine rings is 1. The highest BCUT2D eigenvalue weighted by Gasteiger charge is 2.34. The third kappa shape index (κ3) is 3.35. The maximum Gasteiger partial charge on any atom is 0.338 e. The summed E-state index contributed by atoms with van der Waals surface area (Å²) in [6.07, 6.45) is 1.24. The number of nitrogens with one attached hydrogen (secondary N) is 1. The van der Waals surface area contributed by atoms with E-state index >= 15 is 0 Å². The van der Waals surface area contributed by atoms with Gasteiger partial charge in [-0.1, -0.05) is 6.07 Å². The molecule has 29 heavy (non-hydrogen) atoms. The molecule has 3 rings (SSSR count). The number of benzene rings is 2. The topological polar surface area (TPSA) is 85.4 Å². The molecule has 3 aromatic rings. The first kappa shape index (κ1) is 20.5. The number of sulfonamides is 1. The van der Waals surface area contributed by atoms with Gasteiger partial charge in [0.2, 0.25) is 5.82 Å². The second kappa shape index (κ2) is 7.28. The molecule has 0 bridgehead atoms. The Kier molecular flexibility index (Phi) is 5.13. The zero-order chi connectivity index (χ0) is 21.5. The van der Waals surface area contributed by atoms with E-state index in [-0.39, 0.29) is 22.2 Å². The molecule has 0 unspecified atom stereocenters. The van der Waals surface area contributed by atoms with Crippen molar-refractivity contribution < 1.29 is 39.9 Å². The summed E-state index contributed by atoms with van der Waals surface area (Å²) in [4.78, 5) is 13.7. The highest BCUT2D eigenvalue weighted by molar-refractivity contribution is 7.92. The first-order valence-electron chi connectivity index (χ1n) is 7.60. The van der Waals surface area contributed by atoms with Gasteiger partial charge in [0.15, 0.2) is 28.2 Å². The molecule has 0 aliphatic heterocycles. The van der Waals surface area contributed by atoms with Gasteiger partial charge in [-0.05, 0) is 18.2 Å². The Balaban J connectivity index is 2.19. The molecule has 0 radical (unpaired) electrons. The van der Waals surface area contributed by atoms with Crippen LogP contribution in [-0.4, -0.2) is 26.5 Å². The monoisotopic (exact) mass is 432 g/mol. The summed E-state index contributed by atoms with van der Waals surface area (Å²) in [7, 11) is -4.15. The lowest BCUT2D eigenvalue weighted by Crippen LogP contribution is -2.20. The number of fused-ring (bicyclic) bond motifs is 1. The summed E-state index contributed by atoms with van der Waals surface area (Å²) in [5.74, 6) is -13.1. The van der Waals surface area contributed by atoms with Gasteiger partial charge in [-0.2, -0.15) is 0 Å². The number of esters is 1. The number of rotatable bonds is 4. The van der Waals surface area contributed by atoms with Crippen LogP contribution in [0.1, 0.15) is 10.4 Å². The molecule has 0 spiro atoms. The van der Waals surface area contributed by atoms with Crippen LogP contribution in [-0.2, 0) is 14.8 Å². The smallest absolute Gasteiger partial charge is 0.338 e. The van der Waals surface area contributed by atoms with Crippen LogP contribution in [0.2, 0.25) is 0 Å². The molecule has 1 aromatic heterocycles. The van der Waals surface area contributed by atoms with Crippen LogP contribution in [0.3, 0.4) is 0 Å². The summed E-state index contributed by atoms with van der Waals surface area (Å²) < 4.78 is 98.9. The largest absolute Gasteiger partial charge is 0.465 e. The average Bonchev–Trinajstić information content (AvgIpc) is 2.70. The number of hydrogen-bond acceptors (Lipinski definition) is 5. The van der Waals surface area contributed by atoms with E-state index in [1.54, 1.807) is 4.72 Å². The van der Waals surface area contributed by atoms with Crippen molar-refractivity contribution in [3.05, 3.63) is 65.1 Å². The Morgan fingerprint density at radius 1 is 0.966 bits per heavy atom. The van der Waals surface area contributed by atoms with Crippen LogP contribution in [0, 0.1) is 29.1 Å². The molecule has 152 valence electrons. The van der Waals surface area contributed by atoms with Crippen LogP contribution < -0.4 is 4.72 Å². The van der Waals surface area contributed by atoms with Crippen molar-refractivity contribution in [3.63, 3.8) is 0 Å². The first-order valence-corrected chi connectivity index (χ1v) is 9.08. The van der Waals surface area contributed by atoms with Crippen LogP contribution in [0.25, 0.3) is 10.9 Å². The number of carbonyl (C=O) groups is 1. The van der Waals surface area contributed by atoms with E-state index in [2.05, 4.69) is 9.72 Å². The van der Waals surface area contributed by atoms with Crippen LogP contribution >= 0.6 is 0 Å². The minimum atomic E-state index is -5.27. The van der Waals surface area contributed by atoms with Crippen molar-refractivity contribution in [1.29, 1.82) is 0 Å². The molecule has 0 atom stereocenters. The SMILES string of the molecule is COC(=O)c1ccc(NS(=O)(=O)c2c(F)c(F)c(F)c(F)c2F)c2ncccc12. The Morgan fingerprint density at radius 2 is 1.55 bits per heavy atom. The van der Waals surface area contributed by atoms with Gasteiger partial charge in [0.05, 0.1) is 23.9 Å². The van der Waals surface area contributed by atoms with Gasteiger partial charge in [-0.25, -0.2) is 35.2 Å². The third-order valence-electron chi connectivity index (χ3n) is 3.86. The van der Waals surface area contributed by atoms with Crippen LogP contribution in [0.5, 0.6) is 0 Å². The Bertz CT molecular complexity index is 1240. The lowest BCUT2D eigenvalue weighted by atomic mass is 10.1. The molecule has 0 aliphatic carbocycles. The number of hydrogen-bond donors (Lipinski definition) is 1. The fourth-order valence-electron chi connectivity index (χ4n) is 2.56. The van der Waals surface area contributed by atoms with Gasteiger partial charge in [0.25, 0.3) is 10.0 Å². The molecule has 2 aromatic carbocycles. The van der Waals surface area contributed by atoms with Gasteiger partial charge in [0.1, 0.15) is 0 Å². The molecule has 0 fully saturated rings. The molecule has 6 nitrogen and oxygen atoms in total. The quantitative estimate of drug-likeness (QED) is 0.295. The Hall–Kier alpha value is -3.28. The second-order valence-electron chi connectivity index (χ2n) is 5.56. The van der Waals surface area contributed by atoms with E-state index in [0.717, 1.165) is 19.2 Å². The maximum atomic E-state index is 13.9. The van der Waals surface area contributed by atoms with E-state index in [0.29, 0.717) is 0 Å². The zero-order valence-electron chi connectivity index (χ0n) is 14.3. The molecule has 0 aliphatic rings. The highest BCUT2D eigenvalue weighted by atomic mass is 32.2. The predicted octanol–water partition coefficient (Wildman–Crippen LogP) is 3.52. The maximum absolute atomic E-state index is 13.9. The summed E-state index contributed by atoms with van der Waals surface area (Å²) in [5, 5.41) is 0.122. The number of nitrogens with zero attached hydrogens (tertiary/aromatic N) is 1. The Morgan fingerprint density at radius 3 is 2.14 bits per heavy atom. The number of ether oxygens (including phenoxy) is 1. The molecule has 0 saturated carbocycles. The molecule has 12 heteroatoms. The number of anilines is 1. The fraction of sp³-hybridized carbons (Fsp3) is 0.0588. The molecule has 1 heterocycles. The molecular weight excluding hydrogens is 423 g/mol. The van der Waals surface area contributed by atoms with Gasteiger partial charge >= 0.3 is 5.97 Å². The van der Waals surface area contributed by atoms with E-state index < -0.39 is 50.0 Å². The van der Waals surface area contributed by atoms with E-state index in [4.69, 9.17) is 0 Å². The standard InChI is InChI=1S/C17H9F5N2O4S/c1-28-17(25)8-4-5-9(15-7(8)3-2-6-23-15)24-29(26,27)16-13(21)11(19)10(18)12(20)14(16)22/h2-6,24H,1H3. The normalized spacial score (nSPS) is 11.5. The minimum Gasteiger partial charge on any atom is -0.465 e. The molecule has 0 saturated heterocycles. The van der Waals surface area contributed by atoms with E-state index in [1.165, 1.54) is 18.3 Å². The molecule has 0 amide bonds. The van der Waals surface area contributed by atoms with Crippen molar-refractivity contribution in [2.75, 3.05) is 11.8 Å². The number of aromatic nitrogens is 1. The van der Waals surface area contributed by atoms with Crippen LogP contribution in [0.15, 0.2) is 35.4 Å². The van der Waals surface area contributed by atoms with Crippen molar-refractivity contribution in [1.82, 2.24) is 4.98 Å². The zero-order valence-corrected chi connectivity index (χ0v) is 15.1. The number of carbonyl (C=O) groups excluding carboxylic acids is 1. The van der Waals surface area contributed by atoms with Crippen molar-refractivity contribution in [2.24, 2.45) is 0 Å². The van der Waals surface area contributed by atoms with Gasteiger partial charge in [-0.15, -0.1) is 0 Å². The van der Waals surface area contributed by atoms with E-state index in [1.807, 2.05) is 0 Å². The summed E-state index contributed by atoms with van der Waals surface area (Å²) in [6, 6.07) is 5.00. The van der Waals surface area contributed by atoms with Crippen LogP contribution in [0.4, 0.5) is 27.6 Å². The van der Waals surface area contributed by atoms with E-state index in [9.17, 15) is 35.2 Å².